The Morgan fingerprint density at radius 1 is 1.03 bits per heavy atom. The summed E-state index contributed by atoms with van der Waals surface area (Å²) >= 11 is 0. The molecule has 0 radical (unpaired) electrons. The van der Waals surface area contributed by atoms with Crippen molar-refractivity contribution in [2.45, 2.75) is 140 Å². The highest BCUT2D eigenvalue weighted by atomic mass is 16.6. The summed E-state index contributed by atoms with van der Waals surface area (Å²) in [7, 11) is 0. The number of anilines is 1. The first-order chi connectivity index (χ1) is 29.2. The predicted octanol–water partition coefficient (Wildman–Crippen LogP) is 10.4. The molecule has 62 heavy (non-hydrogen) atoms. The van der Waals surface area contributed by atoms with Gasteiger partial charge in [-0.05, 0) is 124 Å². The van der Waals surface area contributed by atoms with Crippen molar-refractivity contribution < 1.29 is 38.1 Å². The van der Waals surface area contributed by atoms with Gasteiger partial charge in [0.25, 0.3) is 5.69 Å². The smallest absolute Gasteiger partial charge is 0.416 e. The van der Waals surface area contributed by atoms with Gasteiger partial charge >= 0.3 is 18.0 Å². The van der Waals surface area contributed by atoms with Gasteiger partial charge in [0.05, 0.1) is 31.6 Å². The van der Waals surface area contributed by atoms with E-state index >= 15 is 0 Å². The van der Waals surface area contributed by atoms with E-state index < -0.39 is 31.1 Å². The first kappa shape index (κ1) is 48.0. The van der Waals surface area contributed by atoms with Crippen LogP contribution < -0.4 is 14.8 Å². The second-order valence-corrected chi connectivity index (χ2v) is 19.9. The zero-order valence-corrected chi connectivity index (χ0v) is 38.9. The molecule has 340 valence electrons. The van der Waals surface area contributed by atoms with Crippen LogP contribution in [0, 0.1) is 47.0 Å². The summed E-state index contributed by atoms with van der Waals surface area (Å²) in [5.74, 6) is 1.23. The van der Waals surface area contributed by atoms with Crippen LogP contribution in [0.1, 0.15) is 133 Å². The number of aromatic amines is 1. The van der Waals surface area contributed by atoms with Crippen LogP contribution >= 0.6 is 0 Å². The van der Waals surface area contributed by atoms with E-state index in [4.69, 9.17) is 30.6 Å². The Morgan fingerprint density at radius 3 is 2.23 bits per heavy atom. The Labute approximate surface area is 368 Å². The molecule has 3 aromatic rings. The summed E-state index contributed by atoms with van der Waals surface area (Å²) in [5, 5.41) is 8.01. The van der Waals surface area contributed by atoms with Gasteiger partial charge < -0.3 is 29.2 Å². The number of nitrogens with one attached hydrogen (secondary N) is 2. The summed E-state index contributed by atoms with van der Waals surface area (Å²) in [6.07, 6.45) is 6.09. The molecule has 2 aliphatic carbocycles. The fourth-order valence-corrected chi connectivity index (χ4v) is 8.97. The van der Waals surface area contributed by atoms with Gasteiger partial charge in [0.1, 0.15) is 24.5 Å². The lowest BCUT2D eigenvalue weighted by molar-refractivity contribution is -0.147. The summed E-state index contributed by atoms with van der Waals surface area (Å²) in [6.45, 7) is 31.1. The quantitative estimate of drug-likeness (QED) is 0.0884. The monoisotopic (exact) mass is 859 g/mol. The third kappa shape index (κ3) is 12.3. The summed E-state index contributed by atoms with van der Waals surface area (Å²) < 4.78 is 24.2. The minimum atomic E-state index is -1.03. The molecule has 2 saturated carbocycles. The van der Waals surface area contributed by atoms with E-state index in [-0.39, 0.29) is 53.5 Å². The lowest BCUT2D eigenvalue weighted by Gasteiger charge is -2.48. The van der Waals surface area contributed by atoms with E-state index in [2.05, 4.69) is 63.6 Å². The zero-order valence-electron chi connectivity index (χ0n) is 38.9. The number of amides is 2. The fraction of sp³-hybridized carbons (Fsp3) is 0.667. The molecule has 0 spiro atoms. The molecule has 2 heterocycles. The van der Waals surface area contributed by atoms with E-state index in [1.165, 1.54) is 4.52 Å². The van der Waals surface area contributed by atoms with Crippen LogP contribution in [0.25, 0.3) is 21.9 Å². The van der Waals surface area contributed by atoms with E-state index in [0.717, 1.165) is 37.0 Å². The minimum Gasteiger partial charge on any atom is -0.489 e. The maximum absolute atomic E-state index is 14.2. The molecule has 14 heteroatoms. The molecule has 4 atom stereocenters. The maximum Gasteiger partial charge on any atom is 0.416 e. The van der Waals surface area contributed by atoms with Gasteiger partial charge in [0, 0.05) is 17.5 Å². The van der Waals surface area contributed by atoms with Gasteiger partial charge in [-0.15, -0.1) is 5.10 Å². The average molecular weight is 859 g/mol. The topological polar surface area (TPSA) is 158 Å². The average Bonchev–Trinajstić information content (AvgIpc) is 3.63. The second-order valence-electron chi connectivity index (χ2n) is 19.9. The molecule has 2 N–H and O–H groups in total. The Bertz CT molecular complexity index is 2080. The Morgan fingerprint density at radius 2 is 1.68 bits per heavy atom. The molecular weight excluding hydrogens is 789 g/mol. The van der Waals surface area contributed by atoms with Gasteiger partial charge in [-0.3, -0.25) is 19.3 Å². The summed E-state index contributed by atoms with van der Waals surface area (Å²) in [5.41, 5.74) is 2.41. The van der Waals surface area contributed by atoms with Crippen LogP contribution in [0.15, 0.2) is 18.2 Å². The van der Waals surface area contributed by atoms with Gasteiger partial charge in [-0.25, -0.2) is 9.64 Å². The lowest BCUT2D eigenvalue weighted by Crippen LogP contribution is -2.42. The molecule has 0 bridgehead atoms. The molecule has 2 aliphatic rings. The number of hydrogen-bond donors (Lipinski definition) is 2. The number of ether oxygens (including phenoxy) is 4. The molecule has 2 amide bonds. The number of benzene rings is 1. The van der Waals surface area contributed by atoms with Crippen molar-refractivity contribution in [3.63, 3.8) is 0 Å². The number of H-pyrrole nitrogens is 1. The highest BCUT2D eigenvalue weighted by molar-refractivity contribution is 5.94. The number of fused-ring (bicyclic) bond motifs is 1. The van der Waals surface area contributed by atoms with Gasteiger partial charge in [-0.2, -0.15) is 4.52 Å². The van der Waals surface area contributed by atoms with Crippen LogP contribution in [0.3, 0.4) is 0 Å². The van der Waals surface area contributed by atoms with Crippen LogP contribution in [-0.4, -0.2) is 75.8 Å². The standard InChI is InChI=1S/C48H70N6O8/c1-13-19-59-40(56)27-53(28-41(57)60-20-14-2)46(58)62-45-42(49-12)35(25-34-33(21-29(3)4)22-31(7)23-36(34)47(8,9)10)44-51-43(52-54(44)45)32-15-16-38(61-30(5)6)37(24-32)50-39(55)26-48(11)17-18-48/h15-16,24,29-31,33-34,36H,13-14,17-23,25-28H2,1-11H3,(H,50,55)(H,51,52). The van der Waals surface area contributed by atoms with Gasteiger partial charge in [-0.1, -0.05) is 62.3 Å². The normalized spacial score (nSPS) is 19.5. The lowest BCUT2D eigenvalue weighted by atomic mass is 9.57. The van der Waals surface area contributed by atoms with Crippen molar-refractivity contribution in [2.75, 3.05) is 31.6 Å². The van der Waals surface area contributed by atoms with E-state index in [1.54, 1.807) is 6.07 Å². The Kier molecular flexibility index (Phi) is 15.8. The zero-order chi connectivity index (χ0) is 45.5. The van der Waals surface area contributed by atoms with Crippen molar-refractivity contribution in [3.8, 4) is 23.0 Å². The molecule has 14 nitrogen and oxygen atoms in total. The van der Waals surface area contributed by atoms with Crippen LogP contribution in [0.2, 0.25) is 0 Å². The molecule has 2 fully saturated rings. The number of hydrogen-bond acceptors (Lipinski definition) is 9. The molecule has 5 rings (SSSR count). The van der Waals surface area contributed by atoms with Gasteiger partial charge in [0.15, 0.2) is 5.82 Å². The molecule has 4 unspecified atom stereocenters. The summed E-state index contributed by atoms with van der Waals surface area (Å²) in [6, 6.07) is 5.46. The SMILES string of the molecule is [C-]#[N+]c1c(CC2C(CC(C)C)CC(C)CC2C(C)(C)C)c2[nH]c(-c3ccc(OC(C)C)c(NC(=O)CC4(C)CC4)c3)nn2c1OC(=O)N(CC(=O)OCCC)CC(=O)OCCC. The van der Waals surface area contributed by atoms with Crippen molar-refractivity contribution in [2.24, 2.45) is 40.4 Å². The van der Waals surface area contributed by atoms with Crippen LogP contribution in [0.5, 0.6) is 11.6 Å². The maximum atomic E-state index is 14.2. The highest BCUT2D eigenvalue weighted by Crippen LogP contribution is 2.52. The minimum absolute atomic E-state index is 0.00397. The van der Waals surface area contributed by atoms with E-state index in [1.807, 2.05) is 39.8 Å². The third-order valence-electron chi connectivity index (χ3n) is 12.1. The first-order valence-electron chi connectivity index (χ1n) is 22.7. The molecule has 0 aliphatic heterocycles. The third-order valence-corrected chi connectivity index (χ3v) is 12.1. The summed E-state index contributed by atoms with van der Waals surface area (Å²) in [4.78, 5) is 61.5. The number of esters is 2. The number of carbonyl (C=O) groups excluding carboxylic acids is 4. The highest BCUT2D eigenvalue weighted by Gasteiger charge is 2.43. The Hall–Kier alpha value is -5.06. The first-order valence-corrected chi connectivity index (χ1v) is 22.7. The van der Waals surface area contributed by atoms with Crippen molar-refractivity contribution in [3.05, 3.63) is 35.2 Å². The van der Waals surface area contributed by atoms with E-state index in [9.17, 15) is 19.2 Å². The molecule has 0 saturated heterocycles. The molecule has 1 aromatic carbocycles. The number of nitrogens with zero attached hydrogens (tertiary/aromatic N) is 4. The predicted molar refractivity (Wildman–Crippen MR) is 239 cm³/mol. The van der Waals surface area contributed by atoms with E-state index in [0.29, 0.717) is 83.4 Å². The van der Waals surface area contributed by atoms with Gasteiger partial charge in [0.2, 0.25) is 11.8 Å². The molecular formula is C48H70N6O8. The largest absolute Gasteiger partial charge is 0.489 e. The molecule has 2 aromatic heterocycles. The van der Waals surface area contributed by atoms with Crippen molar-refractivity contribution in [1.29, 1.82) is 0 Å². The second kappa shape index (κ2) is 20.4. The van der Waals surface area contributed by atoms with Crippen molar-refractivity contribution >= 4 is 41.0 Å². The fourth-order valence-electron chi connectivity index (χ4n) is 8.97. The number of carbonyl (C=O) groups is 4. The van der Waals surface area contributed by atoms with Crippen LogP contribution in [-0.2, 0) is 30.3 Å². The Balaban J connectivity index is 1.64. The number of aromatic nitrogens is 3. The van der Waals surface area contributed by atoms with Crippen LogP contribution in [0.4, 0.5) is 16.2 Å². The van der Waals surface area contributed by atoms with Crippen molar-refractivity contribution in [1.82, 2.24) is 19.5 Å². The number of rotatable bonds is 19.